The standard InChI is InChI=1S/C23H22F3N3O/c24-23(25,26)16-6-9-20-19(12-16)22-18(21(28-20)15-4-2-1-3-5-15)8-7-17(30-22)13-29-11-10-27-14-29/h1-6,9-12,14,17-18,21-22,28H,7-8,13H2/t17-,18+,21+,22+/m1/s1. The van der Waals surface area contributed by atoms with Gasteiger partial charge in [0.05, 0.1) is 30.1 Å². The second kappa shape index (κ2) is 7.47. The zero-order valence-corrected chi connectivity index (χ0v) is 16.2. The molecule has 2 aliphatic heterocycles. The van der Waals surface area contributed by atoms with Crippen LogP contribution in [-0.4, -0.2) is 15.7 Å². The Bertz CT molecular complexity index is 1000. The van der Waals surface area contributed by atoms with Crippen molar-refractivity contribution in [3.63, 3.8) is 0 Å². The summed E-state index contributed by atoms with van der Waals surface area (Å²) in [6, 6.07) is 14.0. The van der Waals surface area contributed by atoms with Gasteiger partial charge in [-0.1, -0.05) is 30.3 Å². The van der Waals surface area contributed by atoms with Gasteiger partial charge in [-0.3, -0.25) is 0 Å². The second-order valence-electron chi connectivity index (χ2n) is 8.01. The van der Waals surface area contributed by atoms with Gasteiger partial charge >= 0.3 is 6.18 Å². The van der Waals surface area contributed by atoms with Crippen LogP contribution in [0.1, 0.15) is 41.7 Å². The van der Waals surface area contributed by atoms with Crippen molar-refractivity contribution in [2.75, 3.05) is 5.32 Å². The first kappa shape index (κ1) is 19.2. The highest BCUT2D eigenvalue weighted by molar-refractivity contribution is 5.58. The van der Waals surface area contributed by atoms with Gasteiger partial charge in [0, 0.05) is 36.1 Å². The van der Waals surface area contributed by atoms with Crippen LogP contribution in [0.15, 0.2) is 67.3 Å². The van der Waals surface area contributed by atoms with Gasteiger partial charge in [0.15, 0.2) is 0 Å². The zero-order valence-electron chi connectivity index (χ0n) is 16.2. The smallest absolute Gasteiger partial charge is 0.378 e. The van der Waals surface area contributed by atoms with Crippen LogP contribution >= 0.6 is 0 Å². The highest BCUT2D eigenvalue weighted by atomic mass is 19.4. The molecular formula is C23H22F3N3O. The number of hydrogen-bond acceptors (Lipinski definition) is 3. The van der Waals surface area contributed by atoms with Gasteiger partial charge in [-0.15, -0.1) is 0 Å². The Balaban J connectivity index is 1.51. The molecule has 5 rings (SSSR count). The van der Waals surface area contributed by atoms with E-state index < -0.39 is 17.8 Å². The number of ether oxygens (including phenoxy) is 1. The molecule has 4 nitrogen and oxygen atoms in total. The van der Waals surface area contributed by atoms with Gasteiger partial charge in [0.1, 0.15) is 0 Å². The Hall–Kier alpha value is -2.80. The number of rotatable bonds is 3. The minimum Gasteiger partial charge on any atom is -0.378 e. The molecule has 3 aromatic rings. The fraction of sp³-hybridized carbons (Fsp3) is 0.348. The van der Waals surface area contributed by atoms with Crippen molar-refractivity contribution in [2.24, 2.45) is 5.92 Å². The van der Waals surface area contributed by atoms with Crippen molar-refractivity contribution >= 4 is 5.69 Å². The number of benzene rings is 2. The molecule has 1 aromatic heterocycles. The van der Waals surface area contributed by atoms with Gasteiger partial charge in [-0.05, 0) is 36.6 Å². The van der Waals surface area contributed by atoms with E-state index in [2.05, 4.69) is 22.4 Å². The summed E-state index contributed by atoms with van der Waals surface area (Å²) < 4.78 is 48.5. The molecule has 2 aromatic carbocycles. The Labute approximate surface area is 172 Å². The summed E-state index contributed by atoms with van der Waals surface area (Å²) >= 11 is 0. The SMILES string of the molecule is FC(F)(F)c1ccc2c(c1)[C@H]1O[C@@H](Cn3ccnc3)CC[C@H]1[C@H](c1ccccc1)N2. The number of fused-ring (bicyclic) bond motifs is 3. The maximum atomic E-state index is 13.4. The molecule has 0 aliphatic carbocycles. The number of hydrogen-bond donors (Lipinski definition) is 1. The molecule has 1 saturated heterocycles. The van der Waals surface area contributed by atoms with E-state index in [4.69, 9.17) is 4.74 Å². The lowest BCUT2D eigenvalue weighted by molar-refractivity contribution is -0.138. The largest absolute Gasteiger partial charge is 0.416 e. The number of nitrogens with one attached hydrogen (secondary N) is 1. The number of aromatic nitrogens is 2. The average molecular weight is 413 g/mol. The second-order valence-corrected chi connectivity index (χ2v) is 8.01. The van der Waals surface area contributed by atoms with E-state index in [1.807, 2.05) is 29.0 Å². The number of nitrogens with zero attached hydrogens (tertiary/aromatic N) is 2. The number of halogens is 3. The monoisotopic (exact) mass is 413 g/mol. The summed E-state index contributed by atoms with van der Waals surface area (Å²) in [6.45, 7) is 0.640. The van der Waals surface area contributed by atoms with Gasteiger partial charge in [-0.2, -0.15) is 13.2 Å². The molecule has 1 N–H and O–H groups in total. The van der Waals surface area contributed by atoms with Crippen molar-refractivity contribution in [1.29, 1.82) is 0 Å². The average Bonchev–Trinajstić information content (AvgIpc) is 3.26. The van der Waals surface area contributed by atoms with Gasteiger partial charge < -0.3 is 14.6 Å². The van der Waals surface area contributed by atoms with Crippen LogP contribution in [-0.2, 0) is 17.5 Å². The summed E-state index contributed by atoms with van der Waals surface area (Å²) in [5.41, 5.74) is 1.79. The molecule has 1 fully saturated rings. The third kappa shape index (κ3) is 3.58. The molecule has 0 radical (unpaired) electrons. The van der Waals surface area contributed by atoms with Crippen molar-refractivity contribution in [3.8, 4) is 0 Å². The molecule has 0 saturated carbocycles. The quantitative estimate of drug-likeness (QED) is 0.607. The lowest BCUT2D eigenvalue weighted by atomic mass is 9.76. The van der Waals surface area contributed by atoms with E-state index in [0.29, 0.717) is 17.8 Å². The fourth-order valence-electron chi connectivity index (χ4n) is 4.69. The first-order chi connectivity index (χ1) is 14.5. The maximum absolute atomic E-state index is 13.4. The highest BCUT2D eigenvalue weighted by Crippen LogP contribution is 2.51. The summed E-state index contributed by atoms with van der Waals surface area (Å²) in [6.07, 6.45) is 2.19. The summed E-state index contributed by atoms with van der Waals surface area (Å²) in [7, 11) is 0. The third-order valence-electron chi connectivity index (χ3n) is 6.11. The van der Waals surface area contributed by atoms with Crippen molar-refractivity contribution in [1.82, 2.24) is 9.55 Å². The molecule has 3 heterocycles. The molecule has 0 spiro atoms. The number of anilines is 1. The minimum absolute atomic E-state index is 0.00497. The van der Waals surface area contributed by atoms with Crippen LogP contribution in [0, 0.1) is 5.92 Å². The van der Waals surface area contributed by atoms with E-state index in [9.17, 15) is 13.2 Å². The van der Waals surface area contributed by atoms with Crippen LogP contribution < -0.4 is 5.32 Å². The van der Waals surface area contributed by atoms with Crippen LogP contribution in [0.25, 0.3) is 0 Å². The molecule has 30 heavy (non-hydrogen) atoms. The van der Waals surface area contributed by atoms with Crippen molar-refractivity contribution < 1.29 is 17.9 Å². The maximum Gasteiger partial charge on any atom is 0.416 e. The molecule has 156 valence electrons. The Kier molecular flexibility index (Phi) is 4.77. The predicted molar refractivity (Wildman–Crippen MR) is 107 cm³/mol. The molecule has 0 bridgehead atoms. The Morgan fingerprint density at radius 1 is 1.10 bits per heavy atom. The van der Waals surface area contributed by atoms with Gasteiger partial charge in [0.25, 0.3) is 0 Å². The van der Waals surface area contributed by atoms with E-state index >= 15 is 0 Å². The highest BCUT2D eigenvalue weighted by Gasteiger charge is 2.43. The van der Waals surface area contributed by atoms with E-state index in [1.54, 1.807) is 12.5 Å². The topological polar surface area (TPSA) is 39.1 Å². The number of alkyl halides is 3. The first-order valence-electron chi connectivity index (χ1n) is 10.1. The summed E-state index contributed by atoms with van der Waals surface area (Å²) in [5.74, 6) is 0.0578. The van der Waals surface area contributed by atoms with Crippen molar-refractivity contribution in [3.05, 3.63) is 83.9 Å². The Morgan fingerprint density at radius 3 is 2.67 bits per heavy atom. The van der Waals surface area contributed by atoms with Crippen LogP contribution in [0.2, 0.25) is 0 Å². The molecule has 4 atom stereocenters. The molecular weight excluding hydrogens is 391 g/mol. The fourth-order valence-corrected chi connectivity index (χ4v) is 4.69. The first-order valence-corrected chi connectivity index (χ1v) is 10.1. The predicted octanol–water partition coefficient (Wildman–Crippen LogP) is 5.61. The lowest BCUT2D eigenvalue weighted by Crippen LogP contribution is -2.40. The summed E-state index contributed by atoms with van der Waals surface area (Å²) in [4.78, 5) is 4.07. The van der Waals surface area contributed by atoms with Crippen LogP contribution in [0.3, 0.4) is 0 Å². The molecule has 2 aliphatic rings. The van der Waals surface area contributed by atoms with Gasteiger partial charge in [0.2, 0.25) is 0 Å². The van der Waals surface area contributed by atoms with E-state index in [0.717, 1.165) is 24.5 Å². The summed E-state index contributed by atoms with van der Waals surface area (Å²) in [5, 5.41) is 3.49. The van der Waals surface area contributed by atoms with Crippen LogP contribution in [0.4, 0.5) is 18.9 Å². The Morgan fingerprint density at radius 2 is 1.93 bits per heavy atom. The van der Waals surface area contributed by atoms with Crippen LogP contribution in [0.5, 0.6) is 0 Å². The van der Waals surface area contributed by atoms with Crippen molar-refractivity contribution in [2.45, 2.75) is 43.8 Å². The third-order valence-corrected chi connectivity index (χ3v) is 6.11. The minimum atomic E-state index is -4.38. The van der Waals surface area contributed by atoms with E-state index in [1.165, 1.54) is 12.1 Å². The van der Waals surface area contributed by atoms with Gasteiger partial charge in [-0.25, -0.2) is 4.98 Å². The normalized spacial score (nSPS) is 25.8. The molecule has 0 amide bonds. The zero-order chi connectivity index (χ0) is 20.7. The lowest BCUT2D eigenvalue weighted by Gasteiger charge is -2.46. The van der Waals surface area contributed by atoms with E-state index in [-0.39, 0.29) is 18.1 Å². The molecule has 7 heteroatoms. The molecule has 0 unspecified atom stereocenters. The number of imidazole rings is 1.